The molecule has 2 N–H and O–H groups in total. The van der Waals surface area contributed by atoms with Crippen LogP contribution in [0, 0.1) is 0 Å². The van der Waals surface area contributed by atoms with E-state index in [1.807, 2.05) is 17.5 Å². The van der Waals surface area contributed by atoms with Crippen molar-refractivity contribution in [2.45, 2.75) is 25.0 Å². The first kappa shape index (κ1) is 17.8. The summed E-state index contributed by atoms with van der Waals surface area (Å²) in [6.07, 6.45) is 0.876. The standard InChI is InChI=1S/C18H19NO4S2/c20-16(19-18(17(21)22)6-9-24-10-7-18)13-3-1-4-14(11-13)23-12-15-5-2-8-25-15/h1-5,8,11H,6-7,9-10,12H2,(H,19,20)(H,21,22). The van der Waals surface area contributed by atoms with E-state index in [0.717, 1.165) is 16.4 Å². The first-order valence-corrected chi connectivity index (χ1v) is 10.0. The lowest BCUT2D eigenvalue weighted by atomic mass is 9.92. The topological polar surface area (TPSA) is 75.6 Å². The third-order valence-corrected chi connectivity index (χ3v) is 6.00. The lowest BCUT2D eigenvalue weighted by Crippen LogP contribution is -2.56. The van der Waals surface area contributed by atoms with E-state index >= 15 is 0 Å². The zero-order valence-corrected chi connectivity index (χ0v) is 15.2. The summed E-state index contributed by atoms with van der Waals surface area (Å²) >= 11 is 3.32. The Kier molecular flexibility index (Phi) is 5.65. The molecule has 1 amide bonds. The lowest BCUT2D eigenvalue weighted by molar-refractivity contribution is -0.144. The lowest BCUT2D eigenvalue weighted by Gasteiger charge is -2.33. The average molecular weight is 377 g/mol. The zero-order valence-electron chi connectivity index (χ0n) is 13.6. The van der Waals surface area contributed by atoms with Gasteiger partial charge in [0.2, 0.25) is 0 Å². The molecule has 132 valence electrons. The molecule has 0 atom stereocenters. The highest BCUT2D eigenvalue weighted by molar-refractivity contribution is 7.99. The molecule has 0 aliphatic carbocycles. The van der Waals surface area contributed by atoms with Crippen LogP contribution in [0.1, 0.15) is 28.1 Å². The van der Waals surface area contributed by atoms with E-state index in [0.29, 0.717) is 30.8 Å². The zero-order chi connectivity index (χ0) is 17.7. The van der Waals surface area contributed by atoms with E-state index in [1.165, 1.54) is 0 Å². The Bertz CT molecular complexity index is 739. The Labute approximate surface area is 154 Å². The molecule has 5 nitrogen and oxygen atoms in total. The number of thioether (sulfide) groups is 1. The molecule has 2 heterocycles. The number of benzene rings is 1. The van der Waals surface area contributed by atoms with Crippen LogP contribution in [0.25, 0.3) is 0 Å². The van der Waals surface area contributed by atoms with Gasteiger partial charge in [0, 0.05) is 10.4 Å². The summed E-state index contributed by atoms with van der Waals surface area (Å²) in [7, 11) is 0. The van der Waals surface area contributed by atoms with Crippen LogP contribution in [0.5, 0.6) is 5.75 Å². The number of aliphatic carboxylic acids is 1. The summed E-state index contributed by atoms with van der Waals surface area (Å²) in [6.45, 7) is 0.443. The molecule has 1 aliphatic heterocycles. The molecule has 0 radical (unpaired) electrons. The van der Waals surface area contributed by atoms with E-state index in [-0.39, 0.29) is 5.91 Å². The summed E-state index contributed by atoms with van der Waals surface area (Å²) in [5.41, 5.74) is -0.765. The molecule has 1 aromatic heterocycles. The van der Waals surface area contributed by atoms with Gasteiger partial charge in [-0.15, -0.1) is 11.3 Å². The van der Waals surface area contributed by atoms with Crippen LogP contribution < -0.4 is 10.1 Å². The molecule has 1 aliphatic rings. The number of carboxylic acids is 1. The number of nitrogens with one attached hydrogen (secondary N) is 1. The van der Waals surface area contributed by atoms with Crippen molar-refractivity contribution in [3.8, 4) is 5.75 Å². The summed E-state index contributed by atoms with van der Waals surface area (Å²) in [4.78, 5) is 25.4. The van der Waals surface area contributed by atoms with Crippen molar-refractivity contribution in [2.24, 2.45) is 0 Å². The minimum absolute atomic E-state index is 0.379. The summed E-state index contributed by atoms with van der Waals surface area (Å²) < 4.78 is 5.71. The van der Waals surface area contributed by atoms with Crippen molar-refractivity contribution < 1.29 is 19.4 Å². The number of hydrogen-bond donors (Lipinski definition) is 2. The van der Waals surface area contributed by atoms with Crippen molar-refractivity contribution in [1.29, 1.82) is 0 Å². The van der Waals surface area contributed by atoms with Crippen LogP contribution in [0.3, 0.4) is 0 Å². The molecule has 25 heavy (non-hydrogen) atoms. The minimum Gasteiger partial charge on any atom is -0.488 e. The second kappa shape index (κ2) is 7.93. The average Bonchev–Trinajstić information content (AvgIpc) is 3.14. The molecule has 0 unspecified atom stereocenters. The smallest absolute Gasteiger partial charge is 0.329 e. The van der Waals surface area contributed by atoms with Gasteiger partial charge in [0.05, 0.1) is 0 Å². The number of rotatable bonds is 6. The summed E-state index contributed by atoms with van der Waals surface area (Å²) in [5.74, 6) is 0.708. The first-order chi connectivity index (χ1) is 12.1. The Hall–Kier alpha value is -1.99. The summed E-state index contributed by atoms with van der Waals surface area (Å²) in [5, 5.41) is 14.3. The highest BCUT2D eigenvalue weighted by Gasteiger charge is 2.41. The summed E-state index contributed by atoms with van der Waals surface area (Å²) in [6, 6.07) is 10.8. The second-order valence-corrected chi connectivity index (χ2v) is 8.11. The molecule has 0 saturated carbocycles. The monoisotopic (exact) mass is 377 g/mol. The number of amides is 1. The van der Waals surface area contributed by atoms with Gasteiger partial charge < -0.3 is 15.2 Å². The fourth-order valence-corrected chi connectivity index (χ4v) is 4.48. The molecular formula is C18H19NO4S2. The predicted molar refractivity (Wildman–Crippen MR) is 99.5 cm³/mol. The van der Waals surface area contributed by atoms with E-state index in [4.69, 9.17) is 4.74 Å². The molecule has 1 aromatic carbocycles. The van der Waals surface area contributed by atoms with Gasteiger partial charge >= 0.3 is 5.97 Å². The molecule has 3 rings (SSSR count). The van der Waals surface area contributed by atoms with Gasteiger partial charge in [-0.05, 0) is 54.0 Å². The van der Waals surface area contributed by atoms with Gasteiger partial charge in [0.25, 0.3) is 5.91 Å². The number of carboxylic acid groups (broad SMARTS) is 1. The number of thiophene rings is 1. The normalized spacial score (nSPS) is 16.2. The van der Waals surface area contributed by atoms with Gasteiger partial charge in [-0.25, -0.2) is 4.79 Å². The van der Waals surface area contributed by atoms with E-state index in [1.54, 1.807) is 47.4 Å². The predicted octanol–water partition coefficient (Wildman–Crippen LogP) is 3.41. The third-order valence-electron chi connectivity index (χ3n) is 4.17. The fraction of sp³-hybridized carbons (Fsp3) is 0.333. The van der Waals surface area contributed by atoms with Crippen molar-refractivity contribution in [3.63, 3.8) is 0 Å². The van der Waals surface area contributed by atoms with Crippen molar-refractivity contribution in [1.82, 2.24) is 5.32 Å². The van der Waals surface area contributed by atoms with Crippen LogP contribution in [0.2, 0.25) is 0 Å². The number of carbonyl (C=O) groups excluding carboxylic acids is 1. The number of carbonyl (C=O) groups is 2. The molecule has 0 spiro atoms. The van der Waals surface area contributed by atoms with Crippen LogP contribution >= 0.6 is 23.1 Å². The Morgan fingerprint density at radius 2 is 2.00 bits per heavy atom. The maximum Gasteiger partial charge on any atom is 0.329 e. The molecule has 1 fully saturated rings. The maximum absolute atomic E-state index is 12.6. The van der Waals surface area contributed by atoms with Crippen LogP contribution in [0.15, 0.2) is 41.8 Å². The molecule has 7 heteroatoms. The van der Waals surface area contributed by atoms with Gasteiger partial charge in [-0.1, -0.05) is 12.1 Å². The molecule has 0 bridgehead atoms. The van der Waals surface area contributed by atoms with Crippen molar-refractivity contribution in [2.75, 3.05) is 11.5 Å². The first-order valence-electron chi connectivity index (χ1n) is 7.98. The highest BCUT2D eigenvalue weighted by Crippen LogP contribution is 2.28. The van der Waals surface area contributed by atoms with Gasteiger partial charge in [0.1, 0.15) is 17.9 Å². The van der Waals surface area contributed by atoms with Crippen LogP contribution in [0.4, 0.5) is 0 Å². The van der Waals surface area contributed by atoms with Gasteiger partial charge in [-0.2, -0.15) is 11.8 Å². The van der Waals surface area contributed by atoms with Gasteiger partial charge in [-0.3, -0.25) is 4.79 Å². The van der Waals surface area contributed by atoms with E-state index in [9.17, 15) is 14.7 Å². The largest absolute Gasteiger partial charge is 0.488 e. The molecular weight excluding hydrogens is 358 g/mol. The second-order valence-electron chi connectivity index (χ2n) is 5.85. The Morgan fingerprint density at radius 1 is 1.20 bits per heavy atom. The third kappa shape index (κ3) is 4.35. The number of ether oxygens (including phenoxy) is 1. The number of hydrogen-bond acceptors (Lipinski definition) is 5. The van der Waals surface area contributed by atoms with E-state index < -0.39 is 11.5 Å². The van der Waals surface area contributed by atoms with Crippen molar-refractivity contribution in [3.05, 3.63) is 52.2 Å². The van der Waals surface area contributed by atoms with E-state index in [2.05, 4.69) is 5.32 Å². The quantitative estimate of drug-likeness (QED) is 0.807. The molecule has 2 aromatic rings. The Morgan fingerprint density at radius 3 is 2.68 bits per heavy atom. The van der Waals surface area contributed by atoms with Gasteiger partial charge in [0.15, 0.2) is 0 Å². The SMILES string of the molecule is O=C(NC1(C(=O)O)CCSCC1)c1cccc(OCc2cccs2)c1. The fourth-order valence-electron chi connectivity index (χ4n) is 2.68. The molecule has 1 saturated heterocycles. The van der Waals surface area contributed by atoms with Crippen LogP contribution in [-0.2, 0) is 11.4 Å². The minimum atomic E-state index is -1.17. The maximum atomic E-state index is 12.6. The van der Waals surface area contributed by atoms with Crippen molar-refractivity contribution >= 4 is 35.0 Å². The van der Waals surface area contributed by atoms with Crippen LogP contribution in [-0.4, -0.2) is 34.0 Å². The Balaban J connectivity index is 1.69. The highest BCUT2D eigenvalue weighted by atomic mass is 32.2.